The minimum Gasteiger partial charge on any atom is -0.378 e. The molecule has 1 aliphatic carbocycles. The summed E-state index contributed by atoms with van der Waals surface area (Å²) in [6.45, 7) is 2.61. The van der Waals surface area contributed by atoms with E-state index in [-0.39, 0.29) is 33.8 Å². The zero-order chi connectivity index (χ0) is 14.7. The van der Waals surface area contributed by atoms with E-state index in [2.05, 4.69) is 21.2 Å². The third-order valence-electron chi connectivity index (χ3n) is 3.25. The molecule has 1 aliphatic rings. The highest BCUT2D eigenvalue weighted by atomic mass is 79.9. The summed E-state index contributed by atoms with van der Waals surface area (Å²) in [6, 6.07) is 4.49. The highest BCUT2D eigenvalue weighted by molar-refractivity contribution is 9.10. The molecule has 0 radical (unpaired) electrons. The van der Waals surface area contributed by atoms with Crippen LogP contribution < -0.4 is 5.32 Å². The lowest BCUT2D eigenvalue weighted by atomic mass is 9.89. The molecule has 0 bridgehead atoms. The first-order valence-corrected chi connectivity index (χ1v) is 7.17. The van der Waals surface area contributed by atoms with Gasteiger partial charge in [0.1, 0.15) is 4.47 Å². The Morgan fingerprint density at radius 2 is 2.25 bits per heavy atom. The zero-order valence-electron chi connectivity index (χ0n) is 11.0. The van der Waals surface area contributed by atoms with Crippen LogP contribution in [0.3, 0.4) is 0 Å². The number of amides is 1. The molecule has 108 valence electrons. The number of benzene rings is 1. The molecule has 7 heteroatoms. The molecule has 1 amide bonds. The van der Waals surface area contributed by atoms with Crippen LogP contribution in [0.1, 0.15) is 30.1 Å². The van der Waals surface area contributed by atoms with Crippen molar-refractivity contribution in [3.8, 4) is 0 Å². The summed E-state index contributed by atoms with van der Waals surface area (Å²) >= 11 is 3.12. The van der Waals surface area contributed by atoms with E-state index in [9.17, 15) is 14.9 Å². The number of hydrogen-bond acceptors (Lipinski definition) is 4. The lowest BCUT2D eigenvalue weighted by Crippen LogP contribution is -2.47. The number of nitrogens with zero attached hydrogens (tertiary/aromatic N) is 1. The Balaban J connectivity index is 2.00. The van der Waals surface area contributed by atoms with Gasteiger partial charge in [0.15, 0.2) is 0 Å². The van der Waals surface area contributed by atoms with Gasteiger partial charge in [-0.1, -0.05) is 6.07 Å². The van der Waals surface area contributed by atoms with Crippen LogP contribution in [-0.4, -0.2) is 29.6 Å². The van der Waals surface area contributed by atoms with Crippen molar-refractivity contribution in [3.63, 3.8) is 0 Å². The van der Waals surface area contributed by atoms with Gasteiger partial charge in [0, 0.05) is 18.7 Å². The first kappa shape index (κ1) is 14.9. The number of nitro groups is 1. The summed E-state index contributed by atoms with van der Waals surface area (Å²) in [5, 5.41) is 13.7. The molecule has 1 N–H and O–H groups in total. The average Bonchev–Trinajstić information content (AvgIpc) is 2.36. The highest BCUT2D eigenvalue weighted by Crippen LogP contribution is 2.29. The van der Waals surface area contributed by atoms with Gasteiger partial charge in [0.2, 0.25) is 0 Å². The van der Waals surface area contributed by atoms with E-state index in [4.69, 9.17) is 4.74 Å². The van der Waals surface area contributed by atoms with E-state index in [1.165, 1.54) is 12.1 Å². The van der Waals surface area contributed by atoms with Crippen LogP contribution in [0.25, 0.3) is 0 Å². The molecular weight excluding hydrogens is 328 g/mol. The van der Waals surface area contributed by atoms with Gasteiger partial charge in [0.05, 0.1) is 16.6 Å². The second-order valence-corrected chi connectivity index (χ2v) is 5.41. The van der Waals surface area contributed by atoms with Crippen molar-refractivity contribution in [2.75, 3.05) is 6.61 Å². The van der Waals surface area contributed by atoms with Gasteiger partial charge in [-0.05, 0) is 41.8 Å². The SMILES string of the molecule is CCOC1CC(NC(=O)c2cccc([N+](=O)[O-])c2Br)C1. The fourth-order valence-electron chi connectivity index (χ4n) is 2.15. The van der Waals surface area contributed by atoms with E-state index in [1.54, 1.807) is 6.07 Å². The molecule has 6 nitrogen and oxygen atoms in total. The number of ether oxygens (including phenoxy) is 1. The summed E-state index contributed by atoms with van der Waals surface area (Å²) in [5.41, 5.74) is 0.164. The Kier molecular flexibility index (Phi) is 4.72. The molecule has 0 heterocycles. The van der Waals surface area contributed by atoms with Crippen molar-refractivity contribution in [2.45, 2.75) is 31.9 Å². The van der Waals surface area contributed by atoms with E-state index in [0.717, 1.165) is 12.8 Å². The summed E-state index contributed by atoms with van der Waals surface area (Å²) in [4.78, 5) is 22.4. The molecular formula is C13H15BrN2O4. The van der Waals surface area contributed by atoms with Crippen LogP contribution in [0.4, 0.5) is 5.69 Å². The lowest BCUT2D eigenvalue weighted by Gasteiger charge is -2.35. The van der Waals surface area contributed by atoms with Crippen LogP contribution >= 0.6 is 15.9 Å². The molecule has 0 atom stereocenters. The molecule has 0 saturated heterocycles. The van der Waals surface area contributed by atoms with Gasteiger partial charge in [-0.2, -0.15) is 0 Å². The number of carbonyl (C=O) groups excluding carboxylic acids is 1. The van der Waals surface area contributed by atoms with E-state index in [1.807, 2.05) is 6.92 Å². The van der Waals surface area contributed by atoms with Gasteiger partial charge in [-0.15, -0.1) is 0 Å². The molecule has 2 rings (SSSR count). The molecule has 1 aromatic carbocycles. The van der Waals surface area contributed by atoms with E-state index < -0.39 is 4.92 Å². The first-order valence-electron chi connectivity index (χ1n) is 6.38. The van der Waals surface area contributed by atoms with E-state index >= 15 is 0 Å². The minimum atomic E-state index is -0.519. The maximum Gasteiger partial charge on any atom is 0.284 e. The molecule has 0 aliphatic heterocycles. The summed E-state index contributed by atoms with van der Waals surface area (Å²) in [7, 11) is 0. The number of nitrogens with one attached hydrogen (secondary N) is 1. The lowest BCUT2D eigenvalue weighted by molar-refractivity contribution is -0.385. The van der Waals surface area contributed by atoms with Crippen LogP contribution in [0.2, 0.25) is 0 Å². The Morgan fingerprint density at radius 1 is 1.55 bits per heavy atom. The van der Waals surface area contributed by atoms with Crippen molar-refractivity contribution >= 4 is 27.5 Å². The number of rotatable bonds is 5. The fraction of sp³-hybridized carbons (Fsp3) is 0.462. The van der Waals surface area contributed by atoms with Gasteiger partial charge in [-0.3, -0.25) is 14.9 Å². The van der Waals surface area contributed by atoms with Crippen molar-refractivity contribution in [3.05, 3.63) is 38.3 Å². The summed E-state index contributed by atoms with van der Waals surface area (Å²) < 4.78 is 5.63. The first-order chi connectivity index (χ1) is 9.52. The Bertz CT molecular complexity index is 529. The largest absolute Gasteiger partial charge is 0.378 e. The maximum absolute atomic E-state index is 12.1. The molecule has 0 spiro atoms. The van der Waals surface area contributed by atoms with Crippen LogP contribution in [0.5, 0.6) is 0 Å². The quantitative estimate of drug-likeness (QED) is 0.658. The van der Waals surface area contributed by atoms with Crippen molar-refractivity contribution in [1.82, 2.24) is 5.32 Å². The van der Waals surface area contributed by atoms with Crippen molar-refractivity contribution < 1.29 is 14.5 Å². The normalized spacial score (nSPS) is 21.1. The molecule has 1 fully saturated rings. The number of carbonyl (C=O) groups is 1. The van der Waals surface area contributed by atoms with Crippen LogP contribution in [-0.2, 0) is 4.74 Å². The molecule has 0 aromatic heterocycles. The third-order valence-corrected chi connectivity index (χ3v) is 4.09. The van der Waals surface area contributed by atoms with Crippen molar-refractivity contribution in [1.29, 1.82) is 0 Å². The fourth-order valence-corrected chi connectivity index (χ4v) is 2.74. The molecule has 1 saturated carbocycles. The van der Waals surface area contributed by atoms with Gasteiger partial charge in [0.25, 0.3) is 11.6 Å². The second kappa shape index (κ2) is 6.32. The van der Waals surface area contributed by atoms with Crippen LogP contribution in [0.15, 0.2) is 22.7 Å². The van der Waals surface area contributed by atoms with Gasteiger partial charge in [-0.25, -0.2) is 0 Å². The monoisotopic (exact) mass is 342 g/mol. The summed E-state index contributed by atoms with van der Waals surface area (Å²) in [6.07, 6.45) is 1.77. The van der Waals surface area contributed by atoms with E-state index in [0.29, 0.717) is 6.61 Å². The topological polar surface area (TPSA) is 81.5 Å². The Labute approximate surface area is 124 Å². The predicted molar refractivity (Wildman–Crippen MR) is 76.7 cm³/mol. The smallest absolute Gasteiger partial charge is 0.284 e. The second-order valence-electron chi connectivity index (χ2n) is 4.61. The molecule has 1 aromatic rings. The number of hydrogen-bond donors (Lipinski definition) is 1. The highest BCUT2D eigenvalue weighted by Gasteiger charge is 2.31. The molecule has 20 heavy (non-hydrogen) atoms. The van der Waals surface area contributed by atoms with Crippen LogP contribution in [0, 0.1) is 10.1 Å². The average molecular weight is 343 g/mol. The number of halogens is 1. The molecule has 0 unspecified atom stereocenters. The Hall–Kier alpha value is -1.47. The summed E-state index contributed by atoms with van der Waals surface area (Å²) in [5.74, 6) is -0.305. The minimum absolute atomic E-state index is 0.0743. The maximum atomic E-state index is 12.1. The zero-order valence-corrected chi connectivity index (χ0v) is 12.6. The number of nitro benzene ring substituents is 1. The third kappa shape index (κ3) is 3.16. The Morgan fingerprint density at radius 3 is 2.85 bits per heavy atom. The standard InChI is InChI=1S/C13H15BrN2O4/c1-2-20-9-6-8(7-9)15-13(17)10-4-3-5-11(12(10)14)16(18)19/h3-5,8-9H,2,6-7H2,1H3,(H,15,17). The van der Waals surface area contributed by atoms with Gasteiger partial charge < -0.3 is 10.1 Å². The van der Waals surface area contributed by atoms with Gasteiger partial charge >= 0.3 is 0 Å². The van der Waals surface area contributed by atoms with Crippen molar-refractivity contribution in [2.24, 2.45) is 0 Å². The predicted octanol–water partition coefficient (Wildman–Crippen LogP) is 2.65.